The fraction of sp³-hybridized carbons (Fsp3) is 0.0769. The maximum absolute atomic E-state index is 5.89. The Bertz CT molecular complexity index is 724. The van der Waals surface area contributed by atoms with Crippen molar-refractivity contribution in [3.63, 3.8) is 0 Å². The predicted molar refractivity (Wildman–Crippen MR) is 72.3 cm³/mol. The molecular formula is C13H12ClN4+. The molecule has 0 amide bonds. The molecule has 0 aromatic heterocycles. The molecule has 18 heavy (non-hydrogen) atoms. The highest BCUT2D eigenvalue weighted by Crippen LogP contribution is 2.24. The van der Waals surface area contributed by atoms with Crippen LogP contribution in [-0.2, 0) is 0 Å². The van der Waals surface area contributed by atoms with E-state index in [2.05, 4.69) is 10.2 Å². The molecule has 1 unspecified atom stereocenters. The van der Waals surface area contributed by atoms with Gasteiger partial charge in [0.1, 0.15) is 7.05 Å². The third-order valence-electron chi connectivity index (χ3n) is 2.92. The first-order valence-corrected chi connectivity index (χ1v) is 5.93. The van der Waals surface area contributed by atoms with E-state index in [0.717, 1.165) is 16.4 Å². The third kappa shape index (κ3) is 1.75. The van der Waals surface area contributed by atoms with Crippen LogP contribution in [0, 0.1) is 0 Å². The summed E-state index contributed by atoms with van der Waals surface area (Å²) in [6.45, 7) is 0. The van der Waals surface area contributed by atoms with E-state index in [0.29, 0.717) is 10.7 Å². The molecule has 2 aromatic rings. The molecule has 2 N–H and O–H groups in total. The molecule has 1 aliphatic heterocycles. The van der Waals surface area contributed by atoms with Crippen LogP contribution in [0.1, 0.15) is 0 Å². The van der Waals surface area contributed by atoms with Gasteiger partial charge < -0.3 is 5.73 Å². The van der Waals surface area contributed by atoms with Gasteiger partial charge in [0.25, 0.3) is 0 Å². The first-order chi connectivity index (χ1) is 8.57. The molecule has 0 radical (unpaired) electrons. The molecule has 0 saturated heterocycles. The van der Waals surface area contributed by atoms with Crippen LogP contribution in [-0.4, -0.2) is 7.05 Å². The van der Waals surface area contributed by atoms with E-state index in [1.54, 1.807) is 0 Å². The SMILES string of the molecule is C[N+]1(c2ccc(Cl)cc2)N=c2ccc(N)cc2=N1. The molecule has 0 fully saturated rings. The van der Waals surface area contributed by atoms with Crippen molar-refractivity contribution in [2.45, 2.75) is 0 Å². The van der Waals surface area contributed by atoms with Crippen LogP contribution in [0.3, 0.4) is 0 Å². The largest absolute Gasteiger partial charge is 0.399 e. The zero-order chi connectivity index (χ0) is 12.8. The average Bonchev–Trinajstić information content (AvgIpc) is 2.66. The number of anilines is 1. The van der Waals surface area contributed by atoms with E-state index in [9.17, 15) is 0 Å². The van der Waals surface area contributed by atoms with Crippen molar-refractivity contribution in [2.24, 2.45) is 10.2 Å². The predicted octanol–water partition coefficient (Wildman–Crippen LogP) is 1.64. The molecule has 0 aliphatic carbocycles. The Kier molecular flexibility index (Phi) is 2.36. The minimum Gasteiger partial charge on any atom is -0.399 e. The Morgan fingerprint density at radius 2 is 1.67 bits per heavy atom. The van der Waals surface area contributed by atoms with E-state index >= 15 is 0 Å². The quantitative estimate of drug-likeness (QED) is 0.614. The van der Waals surface area contributed by atoms with Crippen molar-refractivity contribution in [2.75, 3.05) is 12.8 Å². The minimum atomic E-state index is 0.135. The van der Waals surface area contributed by atoms with Crippen LogP contribution in [0.25, 0.3) is 0 Å². The maximum Gasteiger partial charge on any atom is 0.186 e. The number of fused-ring (bicyclic) bond motifs is 1. The first-order valence-electron chi connectivity index (χ1n) is 5.56. The molecule has 2 aromatic carbocycles. The minimum absolute atomic E-state index is 0.135. The first kappa shape index (κ1) is 11.2. The Balaban J connectivity index is 2.17. The Hall–Kier alpha value is -1.91. The van der Waals surface area contributed by atoms with Gasteiger partial charge in [0.15, 0.2) is 16.4 Å². The summed E-state index contributed by atoms with van der Waals surface area (Å²) in [6.07, 6.45) is 0. The highest BCUT2D eigenvalue weighted by Gasteiger charge is 2.28. The highest BCUT2D eigenvalue weighted by atomic mass is 35.5. The summed E-state index contributed by atoms with van der Waals surface area (Å²) in [4.78, 5) is 0. The standard InChI is InChI=1S/C13H12ClN4/c1-18(11-5-2-9(14)3-6-11)16-12-7-4-10(15)8-13(12)17-18/h2-8H,15H2,1H3/q+1. The maximum atomic E-state index is 5.89. The van der Waals surface area contributed by atoms with E-state index in [4.69, 9.17) is 17.3 Å². The van der Waals surface area contributed by atoms with E-state index in [1.165, 1.54) is 0 Å². The zero-order valence-electron chi connectivity index (χ0n) is 9.84. The Morgan fingerprint density at radius 1 is 1.00 bits per heavy atom. The number of nitrogens with zero attached hydrogens (tertiary/aromatic N) is 3. The molecule has 1 atom stereocenters. The third-order valence-corrected chi connectivity index (χ3v) is 3.17. The van der Waals surface area contributed by atoms with Gasteiger partial charge in [-0.05, 0) is 45.2 Å². The summed E-state index contributed by atoms with van der Waals surface area (Å²) in [5.74, 6) is 0. The van der Waals surface area contributed by atoms with E-state index in [-0.39, 0.29) is 4.70 Å². The van der Waals surface area contributed by atoms with Crippen LogP contribution >= 0.6 is 11.6 Å². The molecule has 4 nitrogen and oxygen atoms in total. The van der Waals surface area contributed by atoms with Crippen molar-refractivity contribution in [1.82, 2.24) is 4.70 Å². The van der Waals surface area contributed by atoms with Gasteiger partial charge in [0.05, 0.1) is 0 Å². The summed E-state index contributed by atoms with van der Waals surface area (Å²) >= 11 is 5.89. The van der Waals surface area contributed by atoms with Crippen LogP contribution in [0.5, 0.6) is 0 Å². The summed E-state index contributed by atoms with van der Waals surface area (Å²) in [5, 5.41) is 11.6. The van der Waals surface area contributed by atoms with Crippen molar-refractivity contribution in [3.8, 4) is 0 Å². The van der Waals surface area contributed by atoms with Gasteiger partial charge in [-0.1, -0.05) is 11.6 Å². The molecular weight excluding hydrogens is 248 g/mol. The topological polar surface area (TPSA) is 50.7 Å². The Morgan fingerprint density at radius 3 is 2.39 bits per heavy atom. The molecule has 0 saturated carbocycles. The number of hydrogen-bond donors (Lipinski definition) is 1. The molecule has 90 valence electrons. The average molecular weight is 260 g/mol. The molecule has 3 rings (SSSR count). The second-order valence-electron chi connectivity index (χ2n) is 4.34. The van der Waals surface area contributed by atoms with Crippen LogP contribution in [0.15, 0.2) is 52.7 Å². The van der Waals surface area contributed by atoms with Gasteiger partial charge in [-0.3, -0.25) is 0 Å². The van der Waals surface area contributed by atoms with Crippen LogP contribution in [0.4, 0.5) is 11.4 Å². The number of rotatable bonds is 1. The van der Waals surface area contributed by atoms with Crippen molar-refractivity contribution < 1.29 is 0 Å². The number of quaternary nitrogens is 1. The fourth-order valence-electron chi connectivity index (χ4n) is 1.99. The second kappa shape index (κ2) is 3.80. The van der Waals surface area contributed by atoms with Gasteiger partial charge in [0, 0.05) is 22.8 Å². The summed E-state index contributed by atoms with van der Waals surface area (Å²) < 4.78 is 0.135. The van der Waals surface area contributed by atoms with Gasteiger partial charge in [0.2, 0.25) is 0 Å². The lowest BCUT2D eigenvalue weighted by atomic mass is 10.3. The highest BCUT2D eigenvalue weighted by molar-refractivity contribution is 6.30. The lowest BCUT2D eigenvalue weighted by Crippen LogP contribution is -2.31. The van der Waals surface area contributed by atoms with Crippen molar-refractivity contribution in [1.29, 1.82) is 0 Å². The van der Waals surface area contributed by atoms with E-state index < -0.39 is 0 Å². The lowest BCUT2D eigenvalue weighted by Gasteiger charge is -2.16. The number of nitrogen functional groups attached to an aromatic ring is 1. The number of benzene rings is 2. The Labute approximate surface area is 109 Å². The summed E-state index contributed by atoms with van der Waals surface area (Å²) in [6, 6.07) is 13.1. The van der Waals surface area contributed by atoms with Crippen molar-refractivity contribution in [3.05, 3.63) is 58.2 Å². The van der Waals surface area contributed by atoms with Gasteiger partial charge in [-0.25, -0.2) is 0 Å². The van der Waals surface area contributed by atoms with Gasteiger partial charge in [-0.2, -0.15) is 0 Å². The number of halogens is 1. The molecule has 5 heteroatoms. The molecule has 0 spiro atoms. The monoisotopic (exact) mass is 259 g/mol. The normalized spacial score (nSPS) is 21.0. The summed E-state index contributed by atoms with van der Waals surface area (Å²) in [5.41, 5.74) is 7.40. The van der Waals surface area contributed by atoms with E-state index in [1.807, 2.05) is 49.5 Å². The lowest BCUT2D eigenvalue weighted by molar-refractivity contribution is 0.363. The summed E-state index contributed by atoms with van der Waals surface area (Å²) in [7, 11) is 1.92. The molecule has 1 aliphatic rings. The van der Waals surface area contributed by atoms with Crippen LogP contribution in [0.2, 0.25) is 5.02 Å². The smallest absolute Gasteiger partial charge is 0.186 e. The number of nitrogens with two attached hydrogens (primary N) is 1. The molecule has 0 bridgehead atoms. The number of hydrogen-bond acceptors (Lipinski definition) is 3. The van der Waals surface area contributed by atoms with Gasteiger partial charge >= 0.3 is 0 Å². The van der Waals surface area contributed by atoms with Crippen LogP contribution < -0.4 is 21.1 Å². The second-order valence-corrected chi connectivity index (χ2v) is 4.77. The molecule has 1 heterocycles. The van der Waals surface area contributed by atoms with Crippen molar-refractivity contribution >= 4 is 23.0 Å². The zero-order valence-corrected chi connectivity index (χ0v) is 10.6. The van der Waals surface area contributed by atoms with Gasteiger partial charge in [-0.15, -0.1) is 0 Å². The fourth-order valence-corrected chi connectivity index (χ4v) is 2.11.